The number of para-hydroxylation sites is 1. The van der Waals surface area contributed by atoms with Crippen molar-refractivity contribution < 1.29 is 28.5 Å². The maximum Gasteiger partial charge on any atom is 0.343 e. The second-order valence-electron chi connectivity index (χ2n) is 6.99. The van der Waals surface area contributed by atoms with E-state index in [9.17, 15) is 9.59 Å². The van der Waals surface area contributed by atoms with Crippen LogP contribution in [-0.4, -0.2) is 38.9 Å². The van der Waals surface area contributed by atoms with Crippen LogP contribution in [0.25, 0.3) is 0 Å². The normalized spacial score (nSPS) is 10.6. The Hall–Kier alpha value is -3.85. The Labute approximate surface area is 205 Å². The summed E-state index contributed by atoms with van der Waals surface area (Å²) >= 11 is 3.38. The van der Waals surface area contributed by atoms with E-state index in [2.05, 4.69) is 26.5 Å². The van der Waals surface area contributed by atoms with Crippen molar-refractivity contribution in [2.75, 3.05) is 20.8 Å². The summed E-state index contributed by atoms with van der Waals surface area (Å²) < 4.78 is 22.2. The Kier molecular flexibility index (Phi) is 8.64. The zero-order chi connectivity index (χ0) is 24.5. The molecule has 34 heavy (non-hydrogen) atoms. The molecule has 0 aliphatic carbocycles. The SMILES string of the molecule is COc1ccc(C(=O)Oc2ccc(Br)cc2/C=N/NC(=O)COc2ccccc2C)cc1OC. The Balaban J connectivity index is 1.66. The number of methoxy groups -OCH3 is 2. The molecule has 0 heterocycles. The number of nitrogens with one attached hydrogen (secondary N) is 1. The number of carbonyl (C=O) groups excluding carboxylic acids is 2. The zero-order valence-corrected chi connectivity index (χ0v) is 20.4. The first-order chi connectivity index (χ1) is 16.4. The number of halogens is 1. The van der Waals surface area contributed by atoms with Gasteiger partial charge >= 0.3 is 5.97 Å². The number of rotatable bonds is 9. The van der Waals surface area contributed by atoms with Crippen LogP contribution in [0, 0.1) is 6.92 Å². The van der Waals surface area contributed by atoms with Gasteiger partial charge in [-0.05, 0) is 55.0 Å². The minimum Gasteiger partial charge on any atom is -0.493 e. The average molecular weight is 527 g/mol. The molecular formula is C25H23BrN2O6. The first-order valence-electron chi connectivity index (χ1n) is 10.2. The number of nitrogens with zero attached hydrogens (tertiary/aromatic N) is 1. The third-order valence-electron chi connectivity index (χ3n) is 4.64. The lowest BCUT2D eigenvalue weighted by Gasteiger charge is -2.11. The van der Waals surface area contributed by atoms with E-state index in [0.717, 1.165) is 10.0 Å². The smallest absolute Gasteiger partial charge is 0.343 e. The van der Waals surface area contributed by atoms with Crippen LogP contribution in [0.2, 0.25) is 0 Å². The van der Waals surface area contributed by atoms with Crippen LogP contribution in [0.1, 0.15) is 21.5 Å². The Bertz CT molecular complexity index is 1210. The second kappa shape index (κ2) is 11.9. The van der Waals surface area contributed by atoms with Crippen molar-refractivity contribution >= 4 is 34.0 Å². The van der Waals surface area contributed by atoms with E-state index in [-0.39, 0.29) is 17.9 Å². The number of carbonyl (C=O) groups is 2. The average Bonchev–Trinajstić information content (AvgIpc) is 2.84. The molecular weight excluding hydrogens is 504 g/mol. The number of hydrogen-bond donors (Lipinski definition) is 1. The molecule has 0 aliphatic rings. The van der Waals surface area contributed by atoms with Crippen molar-refractivity contribution in [2.45, 2.75) is 6.92 Å². The van der Waals surface area contributed by atoms with Crippen molar-refractivity contribution in [3.8, 4) is 23.0 Å². The number of amides is 1. The van der Waals surface area contributed by atoms with Crippen LogP contribution >= 0.6 is 15.9 Å². The summed E-state index contributed by atoms with van der Waals surface area (Å²) in [5.41, 5.74) is 4.08. The monoisotopic (exact) mass is 526 g/mol. The molecule has 0 fully saturated rings. The molecule has 0 atom stereocenters. The summed E-state index contributed by atoms with van der Waals surface area (Å²) in [7, 11) is 2.99. The Morgan fingerprint density at radius 2 is 1.68 bits per heavy atom. The van der Waals surface area contributed by atoms with Crippen LogP contribution in [0.3, 0.4) is 0 Å². The molecule has 3 aromatic rings. The molecule has 0 aliphatic heterocycles. The van der Waals surface area contributed by atoms with Gasteiger partial charge in [0.2, 0.25) is 0 Å². The molecule has 176 valence electrons. The van der Waals surface area contributed by atoms with E-state index in [1.54, 1.807) is 36.4 Å². The molecule has 1 N–H and O–H groups in total. The van der Waals surface area contributed by atoms with Crippen molar-refractivity contribution in [3.05, 3.63) is 81.8 Å². The van der Waals surface area contributed by atoms with Crippen LogP contribution in [0.5, 0.6) is 23.0 Å². The third-order valence-corrected chi connectivity index (χ3v) is 5.13. The van der Waals surface area contributed by atoms with Crippen LogP contribution in [0.15, 0.2) is 70.2 Å². The van der Waals surface area contributed by atoms with E-state index in [4.69, 9.17) is 18.9 Å². The number of benzene rings is 3. The third kappa shape index (κ3) is 6.58. The molecule has 3 rings (SSSR count). The van der Waals surface area contributed by atoms with Gasteiger partial charge in [-0.2, -0.15) is 5.10 Å². The summed E-state index contributed by atoms with van der Waals surface area (Å²) in [5.74, 6) is 0.768. The van der Waals surface area contributed by atoms with E-state index in [1.165, 1.54) is 26.5 Å². The van der Waals surface area contributed by atoms with E-state index in [0.29, 0.717) is 22.8 Å². The lowest BCUT2D eigenvalue weighted by Crippen LogP contribution is -2.24. The quantitative estimate of drug-likeness (QED) is 0.190. The number of hydrogen-bond acceptors (Lipinski definition) is 7. The van der Waals surface area contributed by atoms with Gasteiger partial charge in [-0.25, -0.2) is 10.2 Å². The van der Waals surface area contributed by atoms with E-state index >= 15 is 0 Å². The van der Waals surface area contributed by atoms with Gasteiger partial charge in [-0.3, -0.25) is 4.79 Å². The molecule has 0 unspecified atom stereocenters. The van der Waals surface area contributed by atoms with Crippen molar-refractivity contribution in [1.29, 1.82) is 0 Å². The molecule has 0 bridgehead atoms. The highest BCUT2D eigenvalue weighted by Crippen LogP contribution is 2.29. The van der Waals surface area contributed by atoms with Crippen molar-refractivity contribution in [1.82, 2.24) is 5.43 Å². The number of hydrazone groups is 1. The summed E-state index contributed by atoms with van der Waals surface area (Å²) in [5, 5.41) is 3.95. The van der Waals surface area contributed by atoms with Crippen LogP contribution < -0.4 is 24.4 Å². The molecule has 0 saturated carbocycles. The molecule has 1 amide bonds. The fourth-order valence-electron chi connectivity index (χ4n) is 2.90. The second-order valence-corrected chi connectivity index (χ2v) is 7.90. The van der Waals surface area contributed by atoms with Gasteiger partial charge in [0.05, 0.1) is 26.0 Å². The minimum atomic E-state index is -0.589. The van der Waals surface area contributed by atoms with Crippen LogP contribution in [-0.2, 0) is 4.79 Å². The molecule has 0 saturated heterocycles. The van der Waals surface area contributed by atoms with E-state index < -0.39 is 11.9 Å². The maximum absolute atomic E-state index is 12.7. The Morgan fingerprint density at radius 3 is 2.41 bits per heavy atom. The fourth-order valence-corrected chi connectivity index (χ4v) is 3.28. The molecule has 0 radical (unpaired) electrons. The minimum absolute atomic E-state index is 0.193. The largest absolute Gasteiger partial charge is 0.493 e. The Morgan fingerprint density at radius 1 is 0.941 bits per heavy atom. The lowest BCUT2D eigenvalue weighted by atomic mass is 10.2. The predicted molar refractivity (Wildman–Crippen MR) is 131 cm³/mol. The van der Waals surface area contributed by atoms with Crippen molar-refractivity contribution in [3.63, 3.8) is 0 Å². The maximum atomic E-state index is 12.7. The molecule has 0 aromatic heterocycles. The van der Waals surface area contributed by atoms with Crippen LogP contribution in [0.4, 0.5) is 0 Å². The van der Waals surface area contributed by atoms with Gasteiger partial charge in [-0.1, -0.05) is 34.1 Å². The summed E-state index contributed by atoms with van der Waals surface area (Å²) in [4.78, 5) is 24.8. The first-order valence-corrected chi connectivity index (χ1v) is 10.9. The predicted octanol–water partition coefficient (Wildman–Crippen LogP) is 4.52. The summed E-state index contributed by atoms with van der Waals surface area (Å²) in [6.45, 7) is 1.70. The van der Waals surface area contributed by atoms with Gasteiger partial charge in [-0.15, -0.1) is 0 Å². The van der Waals surface area contributed by atoms with E-state index in [1.807, 2.05) is 25.1 Å². The fraction of sp³-hybridized carbons (Fsp3) is 0.160. The summed E-state index contributed by atoms with van der Waals surface area (Å²) in [6.07, 6.45) is 1.38. The van der Waals surface area contributed by atoms with Gasteiger partial charge in [0, 0.05) is 10.0 Å². The van der Waals surface area contributed by atoms with Gasteiger partial charge < -0.3 is 18.9 Å². The number of esters is 1. The van der Waals surface area contributed by atoms with Crippen molar-refractivity contribution in [2.24, 2.45) is 5.10 Å². The number of ether oxygens (including phenoxy) is 4. The van der Waals surface area contributed by atoms with Gasteiger partial charge in [0.1, 0.15) is 11.5 Å². The standard InChI is InChI=1S/C25H23BrN2O6/c1-16-6-4-5-7-20(16)33-15-24(29)28-27-14-18-12-19(26)9-11-21(18)34-25(30)17-8-10-22(31-2)23(13-17)32-3/h4-14H,15H2,1-3H3,(H,28,29)/b27-14+. The van der Waals surface area contributed by atoms with Gasteiger partial charge in [0.15, 0.2) is 18.1 Å². The highest BCUT2D eigenvalue weighted by atomic mass is 79.9. The molecule has 8 nitrogen and oxygen atoms in total. The lowest BCUT2D eigenvalue weighted by molar-refractivity contribution is -0.123. The molecule has 9 heteroatoms. The first kappa shape index (κ1) is 24.8. The summed E-state index contributed by atoms with van der Waals surface area (Å²) in [6, 6.07) is 17.2. The zero-order valence-electron chi connectivity index (χ0n) is 18.8. The van der Waals surface area contributed by atoms with Gasteiger partial charge in [0.25, 0.3) is 5.91 Å². The molecule has 0 spiro atoms. The highest BCUT2D eigenvalue weighted by molar-refractivity contribution is 9.10. The molecule has 3 aromatic carbocycles. The topological polar surface area (TPSA) is 95.5 Å². The number of aryl methyl sites for hydroxylation is 1. The highest BCUT2D eigenvalue weighted by Gasteiger charge is 2.15.